The SMILES string of the molecule is CCc1ccc(CCC(=O)N[C@H]2COC[C@@H]2N2CCN(C)CC2)cc1. The molecule has 0 aromatic heterocycles. The van der Waals surface area contributed by atoms with E-state index in [1.54, 1.807) is 0 Å². The number of hydrogen-bond donors (Lipinski definition) is 1. The molecule has 1 amide bonds. The van der Waals surface area contributed by atoms with E-state index in [1.807, 2.05) is 0 Å². The molecule has 0 aliphatic carbocycles. The van der Waals surface area contributed by atoms with Gasteiger partial charge >= 0.3 is 0 Å². The van der Waals surface area contributed by atoms with Crippen LogP contribution in [0.3, 0.4) is 0 Å². The maximum Gasteiger partial charge on any atom is 0.220 e. The summed E-state index contributed by atoms with van der Waals surface area (Å²) in [4.78, 5) is 17.2. The van der Waals surface area contributed by atoms with Gasteiger partial charge in [0.2, 0.25) is 5.91 Å². The van der Waals surface area contributed by atoms with Crippen molar-refractivity contribution in [3.8, 4) is 0 Å². The molecule has 1 aromatic carbocycles. The minimum absolute atomic E-state index is 0.123. The first-order valence-corrected chi connectivity index (χ1v) is 9.53. The average molecular weight is 345 g/mol. The number of carbonyl (C=O) groups excluding carboxylic acids is 1. The number of likely N-dealkylation sites (N-methyl/N-ethyl adjacent to an activating group) is 1. The minimum atomic E-state index is 0.123. The Balaban J connectivity index is 1.46. The van der Waals surface area contributed by atoms with E-state index in [-0.39, 0.29) is 11.9 Å². The lowest BCUT2D eigenvalue weighted by atomic mass is 10.1. The highest BCUT2D eigenvalue weighted by atomic mass is 16.5. The maximum atomic E-state index is 12.4. The molecule has 0 unspecified atom stereocenters. The molecule has 0 radical (unpaired) electrons. The van der Waals surface area contributed by atoms with Crippen LogP contribution in [0.25, 0.3) is 0 Å². The Labute approximate surface area is 151 Å². The molecule has 1 N–H and O–H groups in total. The van der Waals surface area contributed by atoms with Gasteiger partial charge < -0.3 is 15.0 Å². The fourth-order valence-corrected chi connectivity index (χ4v) is 3.67. The van der Waals surface area contributed by atoms with Crippen LogP contribution < -0.4 is 5.32 Å². The normalized spacial score (nSPS) is 25.2. The van der Waals surface area contributed by atoms with E-state index in [0.717, 1.165) is 45.6 Å². The smallest absolute Gasteiger partial charge is 0.220 e. The number of ether oxygens (including phenoxy) is 1. The molecule has 0 bridgehead atoms. The lowest BCUT2D eigenvalue weighted by molar-refractivity contribution is -0.122. The molecule has 1 aromatic rings. The van der Waals surface area contributed by atoms with Gasteiger partial charge in [-0.3, -0.25) is 9.69 Å². The van der Waals surface area contributed by atoms with Crippen LogP contribution in [0.5, 0.6) is 0 Å². The Hall–Kier alpha value is -1.43. The Morgan fingerprint density at radius 3 is 2.48 bits per heavy atom. The molecule has 2 heterocycles. The van der Waals surface area contributed by atoms with Gasteiger partial charge in [0.15, 0.2) is 0 Å². The zero-order valence-electron chi connectivity index (χ0n) is 15.5. The van der Waals surface area contributed by atoms with Crippen LogP contribution in [-0.4, -0.2) is 74.2 Å². The average Bonchev–Trinajstić information content (AvgIpc) is 3.09. The largest absolute Gasteiger partial charge is 0.378 e. The maximum absolute atomic E-state index is 12.4. The van der Waals surface area contributed by atoms with Crippen LogP contribution in [0.15, 0.2) is 24.3 Å². The summed E-state index contributed by atoms with van der Waals surface area (Å²) in [6, 6.07) is 9.03. The van der Waals surface area contributed by atoms with Crippen molar-refractivity contribution in [3.63, 3.8) is 0 Å². The molecule has 2 aliphatic heterocycles. The summed E-state index contributed by atoms with van der Waals surface area (Å²) in [6.07, 6.45) is 2.39. The highest BCUT2D eigenvalue weighted by Crippen LogP contribution is 2.16. The van der Waals surface area contributed by atoms with Gasteiger partial charge in [0.1, 0.15) is 0 Å². The van der Waals surface area contributed by atoms with Gasteiger partial charge in [-0.25, -0.2) is 0 Å². The second kappa shape index (κ2) is 8.79. The molecular weight excluding hydrogens is 314 g/mol. The van der Waals surface area contributed by atoms with Crippen LogP contribution in [0, 0.1) is 0 Å². The second-order valence-electron chi connectivity index (χ2n) is 7.29. The van der Waals surface area contributed by atoms with E-state index in [4.69, 9.17) is 4.74 Å². The van der Waals surface area contributed by atoms with Crippen molar-refractivity contribution in [3.05, 3.63) is 35.4 Å². The number of nitrogens with zero attached hydrogens (tertiary/aromatic N) is 2. The number of nitrogens with one attached hydrogen (secondary N) is 1. The molecule has 3 rings (SSSR count). The quantitative estimate of drug-likeness (QED) is 0.844. The highest BCUT2D eigenvalue weighted by Gasteiger charge is 2.35. The number of rotatable bonds is 6. The number of piperazine rings is 1. The Kier molecular flexibility index (Phi) is 6.45. The van der Waals surface area contributed by atoms with E-state index in [2.05, 4.69) is 53.4 Å². The van der Waals surface area contributed by atoms with Gasteiger partial charge in [0.25, 0.3) is 0 Å². The van der Waals surface area contributed by atoms with E-state index in [1.165, 1.54) is 11.1 Å². The molecule has 2 atom stereocenters. The number of carbonyl (C=O) groups is 1. The van der Waals surface area contributed by atoms with Gasteiger partial charge in [-0.05, 0) is 31.0 Å². The highest BCUT2D eigenvalue weighted by molar-refractivity contribution is 5.76. The van der Waals surface area contributed by atoms with Gasteiger partial charge in [0, 0.05) is 32.6 Å². The van der Waals surface area contributed by atoms with E-state index >= 15 is 0 Å². The topological polar surface area (TPSA) is 44.8 Å². The van der Waals surface area contributed by atoms with E-state index in [9.17, 15) is 4.79 Å². The zero-order valence-corrected chi connectivity index (χ0v) is 15.5. The predicted octanol–water partition coefficient (Wildman–Crippen LogP) is 1.31. The van der Waals surface area contributed by atoms with Crippen molar-refractivity contribution in [2.24, 2.45) is 0 Å². The lowest BCUT2D eigenvalue weighted by Gasteiger charge is -2.38. The third kappa shape index (κ3) is 5.03. The monoisotopic (exact) mass is 345 g/mol. The fourth-order valence-electron chi connectivity index (χ4n) is 3.67. The summed E-state index contributed by atoms with van der Waals surface area (Å²) in [6.45, 7) is 7.81. The van der Waals surface area contributed by atoms with E-state index < -0.39 is 0 Å². The van der Waals surface area contributed by atoms with Gasteiger partial charge in [-0.15, -0.1) is 0 Å². The molecule has 0 spiro atoms. The van der Waals surface area contributed by atoms with Crippen LogP contribution in [0.1, 0.15) is 24.5 Å². The van der Waals surface area contributed by atoms with Crippen molar-refractivity contribution in [1.82, 2.24) is 15.1 Å². The number of aryl methyl sites for hydroxylation is 2. The lowest BCUT2D eigenvalue weighted by Crippen LogP contribution is -2.56. The van der Waals surface area contributed by atoms with Crippen molar-refractivity contribution in [2.45, 2.75) is 38.3 Å². The summed E-state index contributed by atoms with van der Waals surface area (Å²) in [5.41, 5.74) is 2.57. The van der Waals surface area contributed by atoms with Crippen LogP contribution in [0.4, 0.5) is 0 Å². The summed E-state index contributed by atoms with van der Waals surface area (Å²) in [5, 5.41) is 3.21. The third-order valence-electron chi connectivity index (χ3n) is 5.48. The van der Waals surface area contributed by atoms with E-state index in [0.29, 0.717) is 19.1 Å². The second-order valence-corrected chi connectivity index (χ2v) is 7.29. The standard InChI is InChI=1S/C20H31N3O2/c1-3-16-4-6-17(7-5-16)8-9-20(24)21-18-14-25-15-19(18)23-12-10-22(2)11-13-23/h4-7,18-19H,3,8-15H2,1-2H3,(H,21,24)/t18-,19-/m0/s1. The molecule has 2 fully saturated rings. The summed E-state index contributed by atoms with van der Waals surface area (Å²) in [5.74, 6) is 0.134. The van der Waals surface area contributed by atoms with Crippen LogP contribution in [0.2, 0.25) is 0 Å². The first-order valence-electron chi connectivity index (χ1n) is 9.53. The van der Waals surface area contributed by atoms with Crippen molar-refractivity contribution in [1.29, 1.82) is 0 Å². The predicted molar refractivity (Wildman–Crippen MR) is 99.7 cm³/mol. The van der Waals surface area contributed by atoms with Gasteiger partial charge in [-0.2, -0.15) is 0 Å². The van der Waals surface area contributed by atoms with Crippen molar-refractivity contribution < 1.29 is 9.53 Å². The van der Waals surface area contributed by atoms with Gasteiger partial charge in [-0.1, -0.05) is 31.2 Å². The zero-order chi connectivity index (χ0) is 17.6. The number of benzene rings is 1. The number of amides is 1. The molecule has 138 valence electrons. The third-order valence-corrected chi connectivity index (χ3v) is 5.48. The van der Waals surface area contributed by atoms with Crippen LogP contribution in [-0.2, 0) is 22.4 Å². The Bertz CT molecular complexity index is 553. The summed E-state index contributed by atoms with van der Waals surface area (Å²) in [7, 11) is 2.16. The molecule has 2 aliphatic rings. The summed E-state index contributed by atoms with van der Waals surface area (Å²) < 4.78 is 5.67. The van der Waals surface area contributed by atoms with Gasteiger partial charge in [0.05, 0.1) is 25.3 Å². The Morgan fingerprint density at radius 1 is 1.12 bits per heavy atom. The first-order chi connectivity index (χ1) is 12.2. The minimum Gasteiger partial charge on any atom is -0.378 e. The first kappa shape index (κ1) is 18.4. The molecule has 0 saturated carbocycles. The molecule has 2 saturated heterocycles. The van der Waals surface area contributed by atoms with Crippen molar-refractivity contribution in [2.75, 3.05) is 46.4 Å². The van der Waals surface area contributed by atoms with Crippen molar-refractivity contribution >= 4 is 5.91 Å². The fraction of sp³-hybridized carbons (Fsp3) is 0.650. The van der Waals surface area contributed by atoms with Crippen LogP contribution >= 0.6 is 0 Å². The molecule has 25 heavy (non-hydrogen) atoms. The molecule has 5 nitrogen and oxygen atoms in total. The molecule has 5 heteroatoms. The summed E-state index contributed by atoms with van der Waals surface area (Å²) >= 11 is 0. The Morgan fingerprint density at radius 2 is 1.80 bits per heavy atom. The molecular formula is C20H31N3O2. The number of hydrogen-bond acceptors (Lipinski definition) is 4.